The predicted molar refractivity (Wildman–Crippen MR) is 59.0 cm³/mol. The Labute approximate surface area is 92.5 Å². The highest BCUT2D eigenvalue weighted by atomic mass is 32.2. The lowest BCUT2D eigenvalue weighted by Crippen LogP contribution is -2.32. The van der Waals surface area contributed by atoms with Crippen LogP contribution < -0.4 is 0 Å². The van der Waals surface area contributed by atoms with E-state index in [4.69, 9.17) is 0 Å². The van der Waals surface area contributed by atoms with Gasteiger partial charge in [0, 0.05) is 36.7 Å². The van der Waals surface area contributed by atoms with Crippen molar-refractivity contribution in [3.63, 3.8) is 0 Å². The van der Waals surface area contributed by atoms with Gasteiger partial charge in [-0.05, 0) is 6.07 Å². The van der Waals surface area contributed by atoms with Crippen molar-refractivity contribution in [3.05, 3.63) is 35.4 Å². The summed E-state index contributed by atoms with van der Waals surface area (Å²) in [6, 6.07) is 4.37. The van der Waals surface area contributed by atoms with Gasteiger partial charge in [-0.15, -0.1) is 0 Å². The Morgan fingerprint density at radius 2 is 1.93 bits per heavy atom. The molecule has 4 heteroatoms. The maximum atomic E-state index is 13.3. The lowest BCUT2D eigenvalue weighted by Gasteiger charge is -2.26. The molecule has 0 aliphatic carbocycles. The maximum absolute atomic E-state index is 13.3. The van der Waals surface area contributed by atoms with Crippen molar-refractivity contribution in [1.29, 1.82) is 0 Å². The highest BCUT2D eigenvalue weighted by molar-refractivity contribution is 7.99. The second kappa shape index (κ2) is 4.94. The zero-order valence-corrected chi connectivity index (χ0v) is 9.20. The van der Waals surface area contributed by atoms with Crippen LogP contribution in [-0.2, 0) is 6.54 Å². The average Bonchev–Trinajstić information content (AvgIpc) is 2.26. The van der Waals surface area contributed by atoms with Crippen molar-refractivity contribution < 1.29 is 8.78 Å². The fraction of sp³-hybridized carbons (Fsp3) is 0.455. The van der Waals surface area contributed by atoms with E-state index in [2.05, 4.69) is 4.90 Å². The Balaban J connectivity index is 2.06. The minimum atomic E-state index is -0.751. The fourth-order valence-electron chi connectivity index (χ4n) is 1.67. The Morgan fingerprint density at radius 3 is 2.67 bits per heavy atom. The summed E-state index contributed by atoms with van der Waals surface area (Å²) < 4.78 is 26.3. The Hall–Kier alpha value is -0.610. The summed E-state index contributed by atoms with van der Waals surface area (Å²) in [5, 5.41) is 0. The quantitative estimate of drug-likeness (QED) is 0.766. The largest absolute Gasteiger partial charge is 0.297 e. The molecule has 0 aromatic heterocycles. The summed E-state index contributed by atoms with van der Waals surface area (Å²) in [4.78, 5) is 2.16. The first-order chi connectivity index (χ1) is 7.27. The van der Waals surface area contributed by atoms with Gasteiger partial charge in [0.2, 0.25) is 0 Å². The Kier molecular flexibility index (Phi) is 3.59. The number of rotatable bonds is 2. The second-order valence-electron chi connectivity index (χ2n) is 3.60. The zero-order chi connectivity index (χ0) is 10.7. The number of hydrogen-bond donors (Lipinski definition) is 0. The Morgan fingerprint density at radius 1 is 1.20 bits per heavy atom. The van der Waals surface area contributed by atoms with E-state index in [9.17, 15) is 8.78 Å². The molecule has 0 saturated carbocycles. The monoisotopic (exact) mass is 229 g/mol. The van der Waals surface area contributed by atoms with E-state index in [-0.39, 0.29) is 0 Å². The van der Waals surface area contributed by atoms with Crippen molar-refractivity contribution >= 4 is 11.8 Å². The molecule has 0 N–H and O–H groups in total. The van der Waals surface area contributed by atoms with Crippen LogP contribution in [0.3, 0.4) is 0 Å². The fourth-order valence-corrected chi connectivity index (χ4v) is 2.65. The van der Waals surface area contributed by atoms with Crippen molar-refractivity contribution in [2.75, 3.05) is 24.6 Å². The molecule has 0 radical (unpaired) electrons. The average molecular weight is 229 g/mol. The molecule has 1 saturated heterocycles. The first-order valence-electron chi connectivity index (χ1n) is 5.00. The number of halogens is 2. The maximum Gasteiger partial charge on any atom is 0.163 e. The standard InChI is InChI=1S/C11H13F2NS/c12-10-3-1-2-9(11(10)13)8-14-4-6-15-7-5-14/h1-3H,4-8H2. The van der Waals surface area contributed by atoms with Gasteiger partial charge < -0.3 is 0 Å². The Bertz CT molecular complexity index is 337. The molecular formula is C11H13F2NS. The summed E-state index contributed by atoms with van der Waals surface area (Å²) in [6.45, 7) is 2.44. The van der Waals surface area contributed by atoms with Gasteiger partial charge in [0.05, 0.1) is 0 Å². The van der Waals surface area contributed by atoms with Gasteiger partial charge in [-0.3, -0.25) is 4.90 Å². The zero-order valence-electron chi connectivity index (χ0n) is 8.38. The molecule has 0 unspecified atom stereocenters. The summed E-state index contributed by atoms with van der Waals surface area (Å²) in [7, 11) is 0. The van der Waals surface area contributed by atoms with Crippen LogP contribution in [0.25, 0.3) is 0 Å². The first-order valence-corrected chi connectivity index (χ1v) is 6.16. The van der Waals surface area contributed by atoms with Gasteiger partial charge >= 0.3 is 0 Å². The highest BCUT2D eigenvalue weighted by Gasteiger charge is 2.14. The molecule has 1 aliphatic rings. The van der Waals surface area contributed by atoms with E-state index in [1.54, 1.807) is 12.1 Å². The number of hydrogen-bond acceptors (Lipinski definition) is 2. The van der Waals surface area contributed by atoms with Gasteiger partial charge in [0.15, 0.2) is 11.6 Å². The lowest BCUT2D eigenvalue weighted by molar-refractivity contribution is 0.288. The van der Waals surface area contributed by atoms with E-state index in [0.717, 1.165) is 30.7 Å². The van der Waals surface area contributed by atoms with Crippen molar-refractivity contribution in [3.8, 4) is 0 Å². The molecule has 82 valence electrons. The third-order valence-electron chi connectivity index (χ3n) is 2.53. The molecule has 2 rings (SSSR count). The van der Waals surface area contributed by atoms with Crippen LogP contribution in [-0.4, -0.2) is 29.5 Å². The molecule has 1 aromatic rings. The van der Waals surface area contributed by atoms with Crippen LogP contribution in [0.2, 0.25) is 0 Å². The summed E-state index contributed by atoms with van der Waals surface area (Å²) in [6.07, 6.45) is 0. The van der Waals surface area contributed by atoms with E-state index >= 15 is 0 Å². The third kappa shape index (κ3) is 2.69. The molecule has 15 heavy (non-hydrogen) atoms. The summed E-state index contributed by atoms with van der Waals surface area (Å²) >= 11 is 1.91. The van der Waals surface area contributed by atoms with Crippen LogP contribution in [0.5, 0.6) is 0 Å². The lowest BCUT2D eigenvalue weighted by atomic mass is 10.2. The molecule has 1 nitrogen and oxygen atoms in total. The smallest absolute Gasteiger partial charge is 0.163 e. The topological polar surface area (TPSA) is 3.24 Å². The summed E-state index contributed by atoms with van der Waals surface area (Å²) in [5.74, 6) is 0.711. The minimum Gasteiger partial charge on any atom is -0.297 e. The van der Waals surface area contributed by atoms with E-state index < -0.39 is 11.6 Å². The first kappa shape index (κ1) is 10.9. The van der Waals surface area contributed by atoms with Crippen LogP contribution in [0.1, 0.15) is 5.56 Å². The second-order valence-corrected chi connectivity index (χ2v) is 4.83. The molecule has 1 heterocycles. The number of benzene rings is 1. The number of nitrogens with zero attached hydrogens (tertiary/aromatic N) is 1. The summed E-state index contributed by atoms with van der Waals surface area (Å²) in [5.41, 5.74) is 0.460. The van der Waals surface area contributed by atoms with Crippen LogP contribution in [0.15, 0.2) is 18.2 Å². The minimum absolute atomic E-state index is 0.460. The van der Waals surface area contributed by atoms with Crippen LogP contribution in [0, 0.1) is 11.6 Å². The van der Waals surface area contributed by atoms with Crippen molar-refractivity contribution in [2.24, 2.45) is 0 Å². The molecule has 1 fully saturated rings. The SMILES string of the molecule is Fc1cccc(CN2CCSCC2)c1F. The third-order valence-corrected chi connectivity index (χ3v) is 3.47. The van der Waals surface area contributed by atoms with Crippen molar-refractivity contribution in [2.45, 2.75) is 6.54 Å². The van der Waals surface area contributed by atoms with Crippen LogP contribution in [0.4, 0.5) is 8.78 Å². The van der Waals surface area contributed by atoms with E-state index in [1.165, 1.54) is 0 Å². The van der Waals surface area contributed by atoms with Gasteiger partial charge in [-0.2, -0.15) is 11.8 Å². The van der Waals surface area contributed by atoms with E-state index in [1.807, 2.05) is 11.8 Å². The van der Waals surface area contributed by atoms with E-state index in [0.29, 0.717) is 12.1 Å². The van der Waals surface area contributed by atoms with Gasteiger partial charge in [-0.25, -0.2) is 8.78 Å². The molecular weight excluding hydrogens is 216 g/mol. The van der Waals surface area contributed by atoms with Gasteiger partial charge in [0.25, 0.3) is 0 Å². The van der Waals surface area contributed by atoms with Crippen molar-refractivity contribution in [1.82, 2.24) is 4.90 Å². The molecule has 1 aliphatic heterocycles. The molecule has 1 aromatic carbocycles. The molecule has 0 spiro atoms. The van der Waals surface area contributed by atoms with Gasteiger partial charge in [0.1, 0.15) is 0 Å². The predicted octanol–water partition coefficient (Wildman–Crippen LogP) is 2.51. The molecule has 0 atom stereocenters. The number of thioether (sulfide) groups is 1. The molecule has 0 amide bonds. The molecule has 0 bridgehead atoms. The van der Waals surface area contributed by atoms with Crippen LogP contribution >= 0.6 is 11.8 Å². The normalized spacial score (nSPS) is 18.0. The van der Waals surface area contributed by atoms with Gasteiger partial charge in [-0.1, -0.05) is 12.1 Å². The highest BCUT2D eigenvalue weighted by Crippen LogP contribution is 2.16.